The smallest absolute Gasteiger partial charge is 0.278 e. The Balaban J connectivity index is 1.70. The summed E-state index contributed by atoms with van der Waals surface area (Å²) in [6.07, 6.45) is 0. The van der Waals surface area contributed by atoms with Crippen LogP contribution in [0.5, 0.6) is 11.5 Å². The Morgan fingerprint density at radius 1 is 0.938 bits per heavy atom. The number of amides is 2. The van der Waals surface area contributed by atoms with Crippen LogP contribution in [0.3, 0.4) is 0 Å². The first-order valence-electron chi connectivity index (χ1n) is 10.1. The quantitative estimate of drug-likeness (QED) is 0.527. The minimum absolute atomic E-state index is 0.130. The van der Waals surface area contributed by atoms with Gasteiger partial charge in [0.15, 0.2) is 11.5 Å². The van der Waals surface area contributed by atoms with Crippen molar-refractivity contribution in [2.24, 2.45) is 0 Å². The summed E-state index contributed by atoms with van der Waals surface area (Å²) in [4.78, 5) is 28.9. The number of ether oxygens (including phenoxy) is 2. The third kappa shape index (κ3) is 3.87. The van der Waals surface area contributed by atoms with Crippen LogP contribution in [0, 0.1) is 13.8 Å². The SMILES string of the molecule is COc1ccc(CN2C(=O)C(Nc3cccc(C)c3C)=C(c3cccs3)C2=O)cc1OC. The topological polar surface area (TPSA) is 67.9 Å². The monoisotopic (exact) mass is 448 g/mol. The molecule has 0 unspecified atom stereocenters. The zero-order chi connectivity index (χ0) is 22.8. The van der Waals surface area contributed by atoms with Gasteiger partial charge in [-0.3, -0.25) is 14.5 Å². The van der Waals surface area contributed by atoms with Crippen LogP contribution in [-0.4, -0.2) is 30.9 Å². The highest BCUT2D eigenvalue weighted by atomic mass is 32.1. The van der Waals surface area contributed by atoms with Crippen molar-refractivity contribution in [1.82, 2.24) is 4.90 Å². The van der Waals surface area contributed by atoms with Gasteiger partial charge in [-0.15, -0.1) is 11.3 Å². The predicted molar refractivity (Wildman–Crippen MR) is 126 cm³/mol. The molecule has 2 amide bonds. The second-order valence-electron chi connectivity index (χ2n) is 7.49. The zero-order valence-electron chi connectivity index (χ0n) is 18.4. The van der Waals surface area contributed by atoms with Crippen LogP contribution < -0.4 is 14.8 Å². The number of rotatable bonds is 7. The molecule has 0 bridgehead atoms. The Morgan fingerprint density at radius 3 is 2.41 bits per heavy atom. The van der Waals surface area contributed by atoms with Gasteiger partial charge in [0.2, 0.25) is 0 Å². The van der Waals surface area contributed by atoms with E-state index in [0.29, 0.717) is 22.8 Å². The van der Waals surface area contributed by atoms with E-state index in [9.17, 15) is 9.59 Å². The average Bonchev–Trinajstić information content (AvgIpc) is 3.40. The molecule has 0 atom stereocenters. The van der Waals surface area contributed by atoms with Crippen molar-refractivity contribution >= 4 is 34.4 Å². The Kier molecular flexibility index (Phi) is 6.01. The van der Waals surface area contributed by atoms with Crippen LogP contribution >= 0.6 is 11.3 Å². The lowest BCUT2D eigenvalue weighted by molar-refractivity contribution is -0.137. The van der Waals surface area contributed by atoms with Crippen LogP contribution in [0.1, 0.15) is 21.6 Å². The van der Waals surface area contributed by atoms with Gasteiger partial charge in [0, 0.05) is 10.6 Å². The van der Waals surface area contributed by atoms with Crippen LogP contribution in [-0.2, 0) is 16.1 Å². The molecule has 4 rings (SSSR count). The molecule has 2 aromatic carbocycles. The van der Waals surface area contributed by atoms with Crippen LogP contribution in [0.25, 0.3) is 5.57 Å². The fraction of sp³-hybridized carbons (Fsp3) is 0.200. The highest BCUT2D eigenvalue weighted by molar-refractivity contribution is 7.11. The summed E-state index contributed by atoms with van der Waals surface area (Å²) in [5.41, 5.74) is 4.40. The first kappa shape index (κ1) is 21.6. The van der Waals surface area contributed by atoms with Crippen LogP contribution in [0.15, 0.2) is 59.6 Å². The normalized spacial score (nSPS) is 13.7. The average molecular weight is 449 g/mol. The summed E-state index contributed by atoms with van der Waals surface area (Å²) in [5.74, 6) is 0.461. The minimum atomic E-state index is -0.353. The standard InChI is InChI=1S/C25H24N2O4S/c1-15-7-5-8-18(16(15)2)26-23-22(21-9-6-12-32-21)24(28)27(25(23)29)14-17-10-11-19(30-3)20(13-17)31-4/h5-13,26H,14H2,1-4H3. The van der Waals surface area contributed by atoms with Crippen molar-refractivity contribution < 1.29 is 19.1 Å². The molecule has 1 aliphatic heterocycles. The molecule has 1 aromatic heterocycles. The number of imide groups is 1. The number of hydrogen-bond acceptors (Lipinski definition) is 6. The Labute approximate surface area is 191 Å². The van der Waals surface area contributed by atoms with E-state index in [1.807, 2.05) is 55.6 Å². The number of benzene rings is 2. The molecule has 164 valence electrons. The van der Waals surface area contributed by atoms with Gasteiger partial charge in [-0.1, -0.05) is 24.3 Å². The molecular weight excluding hydrogens is 424 g/mol. The third-order valence-corrected chi connectivity index (χ3v) is 6.48. The van der Waals surface area contributed by atoms with E-state index in [0.717, 1.165) is 27.3 Å². The molecule has 2 heterocycles. The molecule has 0 aliphatic carbocycles. The summed E-state index contributed by atoms with van der Waals surface area (Å²) < 4.78 is 10.6. The Bertz CT molecular complexity index is 1210. The van der Waals surface area contributed by atoms with Crippen molar-refractivity contribution in [3.8, 4) is 11.5 Å². The highest BCUT2D eigenvalue weighted by Gasteiger charge is 2.39. The number of thiophene rings is 1. The number of aryl methyl sites for hydroxylation is 1. The molecule has 32 heavy (non-hydrogen) atoms. The fourth-order valence-corrected chi connectivity index (χ4v) is 4.44. The highest BCUT2D eigenvalue weighted by Crippen LogP contribution is 2.35. The van der Waals surface area contributed by atoms with E-state index in [1.54, 1.807) is 26.4 Å². The summed E-state index contributed by atoms with van der Waals surface area (Å²) in [6.45, 7) is 4.14. The van der Waals surface area contributed by atoms with Crippen molar-refractivity contribution in [1.29, 1.82) is 0 Å². The van der Waals surface area contributed by atoms with Crippen molar-refractivity contribution in [3.63, 3.8) is 0 Å². The van der Waals surface area contributed by atoms with Gasteiger partial charge in [-0.25, -0.2) is 0 Å². The van der Waals surface area contributed by atoms with Crippen LogP contribution in [0.4, 0.5) is 5.69 Å². The molecule has 7 heteroatoms. The molecule has 0 saturated carbocycles. The van der Waals surface area contributed by atoms with Crippen molar-refractivity contribution in [2.45, 2.75) is 20.4 Å². The summed E-state index contributed by atoms with van der Waals surface area (Å²) in [7, 11) is 3.12. The Hall–Kier alpha value is -3.58. The fourth-order valence-electron chi connectivity index (χ4n) is 3.67. The first-order valence-corrected chi connectivity index (χ1v) is 11.0. The van der Waals surface area contributed by atoms with Crippen molar-refractivity contribution in [3.05, 3.63) is 81.2 Å². The number of nitrogens with zero attached hydrogens (tertiary/aromatic N) is 1. The van der Waals surface area contributed by atoms with Gasteiger partial charge >= 0.3 is 0 Å². The summed E-state index contributed by atoms with van der Waals surface area (Å²) in [6, 6.07) is 15.0. The van der Waals surface area contributed by atoms with Gasteiger partial charge in [0.1, 0.15) is 5.70 Å². The predicted octanol–water partition coefficient (Wildman–Crippen LogP) is 4.77. The summed E-state index contributed by atoms with van der Waals surface area (Å²) >= 11 is 1.43. The zero-order valence-corrected chi connectivity index (χ0v) is 19.2. The molecular formula is C25H24N2O4S. The van der Waals surface area contributed by atoms with E-state index in [-0.39, 0.29) is 18.4 Å². The number of methoxy groups -OCH3 is 2. The molecule has 6 nitrogen and oxygen atoms in total. The van der Waals surface area contributed by atoms with E-state index < -0.39 is 0 Å². The number of hydrogen-bond donors (Lipinski definition) is 1. The Morgan fingerprint density at radius 2 is 1.72 bits per heavy atom. The number of carbonyl (C=O) groups excluding carboxylic acids is 2. The second-order valence-corrected chi connectivity index (χ2v) is 8.43. The number of anilines is 1. The number of carbonyl (C=O) groups is 2. The van der Waals surface area contributed by atoms with Gasteiger partial charge in [-0.2, -0.15) is 0 Å². The minimum Gasteiger partial charge on any atom is -0.493 e. The van der Waals surface area contributed by atoms with Crippen LogP contribution in [0.2, 0.25) is 0 Å². The van der Waals surface area contributed by atoms with Crippen molar-refractivity contribution in [2.75, 3.05) is 19.5 Å². The van der Waals surface area contributed by atoms with E-state index >= 15 is 0 Å². The van der Waals surface area contributed by atoms with Gasteiger partial charge in [0.25, 0.3) is 11.8 Å². The molecule has 3 aromatic rings. The summed E-state index contributed by atoms with van der Waals surface area (Å²) in [5, 5.41) is 5.15. The van der Waals surface area contributed by atoms with Gasteiger partial charge in [-0.05, 0) is 60.2 Å². The van der Waals surface area contributed by atoms with E-state index in [1.165, 1.54) is 16.2 Å². The molecule has 0 saturated heterocycles. The lowest BCUT2D eigenvalue weighted by Crippen LogP contribution is -2.32. The third-order valence-electron chi connectivity index (χ3n) is 5.59. The van der Waals surface area contributed by atoms with Gasteiger partial charge < -0.3 is 14.8 Å². The first-order chi connectivity index (χ1) is 15.4. The number of nitrogens with one attached hydrogen (secondary N) is 1. The maximum absolute atomic E-state index is 13.4. The molecule has 1 N–H and O–H groups in total. The maximum Gasteiger partial charge on any atom is 0.278 e. The largest absolute Gasteiger partial charge is 0.493 e. The van der Waals surface area contributed by atoms with Gasteiger partial charge in [0.05, 0.1) is 26.3 Å². The van der Waals surface area contributed by atoms with E-state index in [2.05, 4.69) is 5.32 Å². The lowest BCUT2D eigenvalue weighted by atomic mass is 10.1. The molecule has 0 spiro atoms. The molecule has 0 fully saturated rings. The molecule has 0 radical (unpaired) electrons. The van der Waals surface area contributed by atoms with E-state index in [4.69, 9.17) is 9.47 Å². The second kappa shape index (κ2) is 8.88. The maximum atomic E-state index is 13.4. The lowest BCUT2D eigenvalue weighted by Gasteiger charge is -2.17. The molecule has 1 aliphatic rings.